The first-order valence-corrected chi connectivity index (χ1v) is 10.8. The summed E-state index contributed by atoms with van der Waals surface area (Å²) in [5.41, 5.74) is 6.43. The smallest absolute Gasteiger partial charge is 0.341 e. The Kier molecular flexibility index (Phi) is 5.62. The van der Waals surface area contributed by atoms with Crippen molar-refractivity contribution in [3.05, 3.63) is 65.9 Å². The molecule has 1 atom stereocenters. The van der Waals surface area contributed by atoms with Gasteiger partial charge in [0, 0.05) is 45.0 Å². The Labute approximate surface area is 194 Å². The van der Waals surface area contributed by atoms with Gasteiger partial charge in [-0.25, -0.2) is 23.9 Å². The summed E-state index contributed by atoms with van der Waals surface area (Å²) in [5.74, 6) is -1.14. The Morgan fingerprint density at radius 1 is 1.06 bits per heavy atom. The molecular weight excluding hydrogens is 441 g/mol. The van der Waals surface area contributed by atoms with Gasteiger partial charge in [0.25, 0.3) is 5.91 Å². The van der Waals surface area contributed by atoms with E-state index in [1.807, 2.05) is 35.2 Å². The molecule has 174 valence electrons. The largest absolute Gasteiger partial charge is 0.366 e. The maximum Gasteiger partial charge on any atom is 0.341 e. The average Bonchev–Trinajstić information content (AvgIpc) is 3.55. The van der Waals surface area contributed by atoms with E-state index < -0.39 is 11.7 Å². The zero-order valence-corrected chi connectivity index (χ0v) is 18.2. The van der Waals surface area contributed by atoms with Crippen LogP contribution >= 0.6 is 0 Å². The quantitative estimate of drug-likeness (QED) is 0.626. The second kappa shape index (κ2) is 8.89. The van der Waals surface area contributed by atoms with Crippen LogP contribution in [-0.2, 0) is 0 Å². The van der Waals surface area contributed by atoms with Crippen LogP contribution in [0.1, 0.15) is 28.4 Å². The van der Waals surface area contributed by atoms with Gasteiger partial charge in [-0.3, -0.25) is 4.79 Å². The van der Waals surface area contributed by atoms with Crippen LogP contribution in [0.15, 0.2) is 54.0 Å². The Hall–Kier alpha value is -4.35. The number of piperazine rings is 1. The number of aromatic nitrogens is 4. The number of hydrogen-bond donors (Lipinski definition) is 1. The summed E-state index contributed by atoms with van der Waals surface area (Å²) in [6, 6.07) is 9.55. The van der Waals surface area contributed by atoms with Crippen LogP contribution in [0.25, 0.3) is 5.82 Å². The molecule has 12 heteroatoms. The predicted octanol–water partition coefficient (Wildman–Crippen LogP) is 1.58. The van der Waals surface area contributed by atoms with Gasteiger partial charge < -0.3 is 15.5 Å². The van der Waals surface area contributed by atoms with Crippen LogP contribution in [0.4, 0.5) is 15.1 Å². The highest BCUT2D eigenvalue weighted by Gasteiger charge is 2.33. The molecule has 0 spiro atoms. The topological polar surface area (TPSA) is 126 Å². The third kappa shape index (κ3) is 4.05. The number of carbonyl (C=O) groups excluding carboxylic acids is 2. The lowest BCUT2D eigenvalue weighted by Gasteiger charge is -2.37. The highest BCUT2D eigenvalue weighted by molar-refractivity contribution is 5.92. The van der Waals surface area contributed by atoms with E-state index in [-0.39, 0.29) is 23.5 Å². The zero-order valence-electron chi connectivity index (χ0n) is 18.2. The van der Waals surface area contributed by atoms with E-state index in [0.29, 0.717) is 38.5 Å². The Morgan fingerprint density at radius 2 is 1.82 bits per heavy atom. The van der Waals surface area contributed by atoms with E-state index in [1.165, 1.54) is 17.4 Å². The fourth-order valence-corrected chi connectivity index (χ4v) is 4.02. The summed E-state index contributed by atoms with van der Waals surface area (Å²) < 4.78 is 15.5. The zero-order chi connectivity index (χ0) is 23.7. The number of carbonyl (C=O) groups is 2. The molecule has 3 aromatic rings. The van der Waals surface area contributed by atoms with Crippen molar-refractivity contribution in [1.29, 1.82) is 0 Å². The first-order valence-electron chi connectivity index (χ1n) is 10.8. The number of anilines is 1. The van der Waals surface area contributed by atoms with Crippen molar-refractivity contribution in [2.24, 2.45) is 10.8 Å². The second-order valence-electron chi connectivity index (χ2n) is 7.94. The second-order valence-corrected chi connectivity index (χ2v) is 7.94. The first-order chi connectivity index (χ1) is 16.5. The minimum Gasteiger partial charge on any atom is -0.366 e. The van der Waals surface area contributed by atoms with Gasteiger partial charge in [-0.1, -0.05) is 30.3 Å². The monoisotopic (exact) mass is 463 g/mol. The number of primary amides is 1. The van der Waals surface area contributed by atoms with Crippen LogP contribution in [0.3, 0.4) is 0 Å². The molecule has 1 fully saturated rings. The molecule has 11 nitrogen and oxygen atoms in total. The molecule has 0 saturated carbocycles. The molecule has 3 amide bonds. The number of benzene rings is 1. The molecule has 1 aromatic carbocycles. The van der Waals surface area contributed by atoms with Crippen molar-refractivity contribution >= 4 is 24.1 Å². The highest BCUT2D eigenvalue weighted by Crippen LogP contribution is 2.29. The van der Waals surface area contributed by atoms with Gasteiger partial charge in [-0.05, 0) is 5.56 Å². The van der Waals surface area contributed by atoms with Gasteiger partial charge >= 0.3 is 6.03 Å². The van der Waals surface area contributed by atoms with Crippen molar-refractivity contribution in [3.8, 4) is 5.82 Å². The van der Waals surface area contributed by atoms with Crippen LogP contribution < -0.4 is 10.6 Å². The van der Waals surface area contributed by atoms with Crippen molar-refractivity contribution in [2.45, 2.75) is 12.5 Å². The third-order valence-corrected chi connectivity index (χ3v) is 5.84. The van der Waals surface area contributed by atoms with Crippen molar-refractivity contribution in [1.82, 2.24) is 29.7 Å². The van der Waals surface area contributed by atoms with Gasteiger partial charge in [0.1, 0.15) is 0 Å². The molecule has 1 unspecified atom stereocenters. The first kappa shape index (κ1) is 21.5. The molecule has 0 aliphatic carbocycles. The summed E-state index contributed by atoms with van der Waals surface area (Å²) in [5, 5.41) is 9.80. The van der Waals surface area contributed by atoms with Crippen LogP contribution in [-0.4, -0.2) is 74.0 Å². The molecule has 2 aliphatic heterocycles. The van der Waals surface area contributed by atoms with Gasteiger partial charge in [0.05, 0.1) is 24.0 Å². The van der Waals surface area contributed by atoms with Gasteiger partial charge in [-0.2, -0.15) is 15.2 Å². The maximum absolute atomic E-state index is 14.4. The molecule has 4 heterocycles. The van der Waals surface area contributed by atoms with Crippen LogP contribution in [0.5, 0.6) is 0 Å². The van der Waals surface area contributed by atoms with E-state index in [0.717, 1.165) is 16.4 Å². The van der Waals surface area contributed by atoms with Crippen molar-refractivity contribution in [3.63, 3.8) is 0 Å². The number of rotatable bonds is 4. The Bertz CT molecular complexity index is 1240. The number of hydrazone groups is 1. The molecule has 34 heavy (non-hydrogen) atoms. The Morgan fingerprint density at radius 3 is 2.53 bits per heavy atom. The fourth-order valence-electron chi connectivity index (χ4n) is 4.02. The normalized spacial score (nSPS) is 17.9. The van der Waals surface area contributed by atoms with Gasteiger partial charge in [0.15, 0.2) is 11.6 Å². The van der Waals surface area contributed by atoms with E-state index >= 15 is 0 Å². The molecule has 2 N–H and O–H groups in total. The van der Waals surface area contributed by atoms with Gasteiger partial charge in [-0.15, -0.1) is 0 Å². The average molecular weight is 463 g/mol. The molecule has 2 aromatic heterocycles. The van der Waals surface area contributed by atoms with Gasteiger partial charge in [0.2, 0.25) is 5.95 Å². The van der Waals surface area contributed by atoms with Crippen molar-refractivity contribution in [2.75, 3.05) is 31.1 Å². The number of nitrogens with zero attached hydrogens (tertiary/aromatic N) is 8. The van der Waals surface area contributed by atoms with E-state index in [1.54, 1.807) is 11.1 Å². The molecular formula is C22H22FN9O2. The Balaban J connectivity index is 1.27. The van der Waals surface area contributed by atoms with Crippen LogP contribution in [0.2, 0.25) is 0 Å². The van der Waals surface area contributed by atoms with Crippen LogP contribution in [0, 0.1) is 5.82 Å². The standard InChI is InChI=1S/C22H22FN9O2/c23-17-13-25-21(28-20(17)31-14-16(12-27-31)19(24)33)29-8-10-30(11-9-29)22(34)32-18(6-7-26-32)15-4-2-1-3-5-15/h1-5,7,12-14,18H,6,8-11H2,(H2,24,33). The SMILES string of the molecule is NC(=O)c1cnn(-c2nc(N3CCN(C(=O)N4N=CCC4c4ccccc4)CC3)ncc2F)c1. The number of halogens is 1. The van der Waals surface area contributed by atoms with E-state index in [9.17, 15) is 14.0 Å². The van der Waals surface area contributed by atoms with Crippen molar-refractivity contribution < 1.29 is 14.0 Å². The summed E-state index contributed by atoms with van der Waals surface area (Å²) in [6.45, 7) is 1.82. The highest BCUT2D eigenvalue weighted by atomic mass is 19.1. The maximum atomic E-state index is 14.4. The molecule has 5 rings (SSSR count). The molecule has 0 bridgehead atoms. The summed E-state index contributed by atoms with van der Waals surface area (Å²) >= 11 is 0. The number of urea groups is 1. The number of amides is 3. The molecule has 1 saturated heterocycles. The minimum absolute atomic E-state index is 0.0897. The van der Waals surface area contributed by atoms with E-state index in [4.69, 9.17) is 5.73 Å². The lowest BCUT2D eigenvalue weighted by molar-refractivity contribution is 0.1000. The predicted molar refractivity (Wildman–Crippen MR) is 121 cm³/mol. The third-order valence-electron chi connectivity index (χ3n) is 5.84. The number of nitrogens with two attached hydrogens (primary N) is 1. The number of hydrogen-bond acceptors (Lipinski definition) is 7. The summed E-state index contributed by atoms with van der Waals surface area (Å²) in [6.07, 6.45) is 6.06. The fraction of sp³-hybridized carbons (Fsp3) is 0.273. The minimum atomic E-state index is -0.685. The summed E-state index contributed by atoms with van der Waals surface area (Å²) in [4.78, 5) is 36.5. The lowest BCUT2D eigenvalue weighted by Crippen LogP contribution is -2.52. The molecule has 2 aliphatic rings. The summed E-state index contributed by atoms with van der Waals surface area (Å²) in [7, 11) is 0. The lowest BCUT2D eigenvalue weighted by atomic mass is 10.1. The van der Waals surface area contributed by atoms with E-state index in [2.05, 4.69) is 20.2 Å². The molecule has 0 radical (unpaired) electrons.